The van der Waals surface area contributed by atoms with E-state index in [2.05, 4.69) is 290 Å². The van der Waals surface area contributed by atoms with Gasteiger partial charge in [0.2, 0.25) is 0 Å². The Balaban J connectivity index is 0.983. The average molecular weight is 954 g/mol. The van der Waals surface area contributed by atoms with Crippen molar-refractivity contribution in [3.63, 3.8) is 0 Å². The lowest BCUT2D eigenvalue weighted by Gasteiger charge is -2.37. The molecule has 0 aromatic heterocycles. The van der Waals surface area contributed by atoms with Gasteiger partial charge in [-0.1, -0.05) is 261 Å². The van der Waals surface area contributed by atoms with Crippen LogP contribution in [0.1, 0.15) is 50.1 Å². The molecule has 15 rings (SSSR count). The molecular weight excluding hydrogens is 903 g/mol. The topological polar surface area (TPSA) is 3.24 Å². The predicted octanol–water partition coefficient (Wildman–Crippen LogP) is 18.4. The summed E-state index contributed by atoms with van der Waals surface area (Å²) in [6.45, 7) is 0.640. The fourth-order valence-corrected chi connectivity index (χ4v) is 13.9. The van der Waals surface area contributed by atoms with Gasteiger partial charge in [0.15, 0.2) is 0 Å². The van der Waals surface area contributed by atoms with Gasteiger partial charge in [0.25, 0.3) is 0 Å². The summed E-state index contributed by atoms with van der Waals surface area (Å²) in [6.07, 6.45) is 0.808. The van der Waals surface area contributed by atoms with Crippen molar-refractivity contribution >= 4 is 22.1 Å². The zero-order chi connectivity index (χ0) is 49.5. The molecule has 0 fully saturated rings. The first-order valence-corrected chi connectivity index (χ1v) is 26.4. The third-order valence-electron chi connectivity index (χ3n) is 17.0. The number of benzene rings is 12. The zero-order valence-corrected chi connectivity index (χ0v) is 41.5. The Hall–Kier alpha value is -9.30. The summed E-state index contributed by atoms with van der Waals surface area (Å²) in [5.41, 5.74) is 25.9. The molecule has 1 unspecified atom stereocenters. The molecule has 12 aromatic rings. The second kappa shape index (κ2) is 17.2. The molecule has 3 aliphatic carbocycles. The highest BCUT2D eigenvalue weighted by Crippen LogP contribution is 2.61. The molecule has 1 atom stereocenters. The maximum atomic E-state index is 2.60. The van der Waals surface area contributed by atoms with E-state index in [1.54, 1.807) is 0 Å². The Kier molecular flexibility index (Phi) is 9.90. The van der Waals surface area contributed by atoms with E-state index in [1.807, 2.05) is 0 Å². The Labute approximate surface area is 439 Å². The molecule has 0 bridgehead atoms. The summed E-state index contributed by atoms with van der Waals surface area (Å²) >= 11 is 0. The van der Waals surface area contributed by atoms with Gasteiger partial charge < -0.3 is 4.90 Å². The highest BCUT2D eigenvalue weighted by Gasteiger charge is 2.50. The van der Waals surface area contributed by atoms with Crippen molar-refractivity contribution in [3.8, 4) is 55.6 Å². The van der Waals surface area contributed by atoms with Crippen LogP contribution in [0.15, 0.2) is 285 Å². The Morgan fingerprint density at radius 1 is 0.320 bits per heavy atom. The van der Waals surface area contributed by atoms with Crippen LogP contribution in [0.2, 0.25) is 0 Å². The minimum atomic E-state index is -0.548. The van der Waals surface area contributed by atoms with Crippen LogP contribution in [0.5, 0.6) is 0 Å². The number of hydrogen-bond acceptors (Lipinski definition) is 1. The standard InChI is InChI=1S/C74H51N/c1-5-21-50(22-6-1)51-39-42-57(43-40-51)75(49-54-26-20-35-65-62-33-15-18-38-69(62)74(72(54)65,55-27-9-3-10-28-55)56-29-11-4-12-30-56)58-44-46-63-60-31-13-16-36-67(60)73(70(63)47-58)48-66-59(52-23-7-2-8-24-52)45-41-53-25-19-34-64(71(53)66)61-32-14-17-37-68(61)73/h1-47H,48-49H2. The molecule has 1 nitrogen and oxygen atoms in total. The van der Waals surface area contributed by atoms with Crippen molar-refractivity contribution in [1.29, 1.82) is 0 Å². The van der Waals surface area contributed by atoms with Gasteiger partial charge in [0, 0.05) is 17.9 Å². The second-order valence-electron chi connectivity index (χ2n) is 20.6. The first-order chi connectivity index (χ1) is 37.2. The molecule has 75 heavy (non-hydrogen) atoms. The maximum absolute atomic E-state index is 2.60. The molecule has 0 saturated heterocycles. The van der Waals surface area contributed by atoms with Crippen LogP contribution >= 0.6 is 0 Å². The van der Waals surface area contributed by atoms with Crippen LogP contribution in [0.25, 0.3) is 66.4 Å². The van der Waals surface area contributed by atoms with Gasteiger partial charge in [-0.2, -0.15) is 0 Å². The van der Waals surface area contributed by atoms with Crippen molar-refractivity contribution in [2.75, 3.05) is 4.90 Å². The first-order valence-electron chi connectivity index (χ1n) is 26.4. The fourth-order valence-electron chi connectivity index (χ4n) is 13.9. The van der Waals surface area contributed by atoms with Crippen LogP contribution < -0.4 is 4.90 Å². The molecule has 3 aliphatic rings. The monoisotopic (exact) mass is 953 g/mol. The van der Waals surface area contributed by atoms with Gasteiger partial charge in [-0.3, -0.25) is 0 Å². The van der Waals surface area contributed by atoms with E-state index in [1.165, 1.54) is 116 Å². The van der Waals surface area contributed by atoms with Crippen LogP contribution in [0.3, 0.4) is 0 Å². The number of hydrogen-bond donors (Lipinski definition) is 0. The molecule has 0 aliphatic heterocycles. The maximum Gasteiger partial charge on any atom is 0.0716 e. The van der Waals surface area contributed by atoms with Gasteiger partial charge in [-0.15, -0.1) is 0 Å². The average Bonchev–Trinajstić information content (AvgIpc) is 3.99. The zero-order valence-electron chi connectivity index (χ0n) is 41.5. The third kappa shape index (κ3) is 6.44. The van der Waals surface area contributed by atoms with E-state index in [-0.39, 0.29) is 0 Å². The summed E-state index contributed by atoms with van der Waals surface area (Å²) in [4.78, 5) is 2.60. The fraction of sp³-hybridized carbons (Fsp3) is 0.0541. The Morgan fingerprint density at radius 2 is 0.800 bits per heavy atom. The lowest BCUT2D eigenvalue weighted by atomic mass is 9.66. The van der Waals surface area contributed by atoms with E-state index in [9.17, 15) is 0 Å². The summed E-state index contributed by atoms with van der Waals surface area (Å²) in [5, 5.41) is 2.63. The molecule has 0 saturated carbocycles. The summed E-state index contributed by atoms with van der Waals surface area (Å²) in [5.74, 6) is 0. The highest BCUT2D eigenvalue weighted by atomic mass is 15.1. The highest BCUT2D eigenvalue weighted by molar-refractivity contribution is 6.05. The normalized spacial score (nSPS) is 15.1. The number of nitrogens with zero attached hydrogens (tertiary/aromatic N) is 1. The van der Waals surface area contributed by atoms with E-state index >= 15 is 0 Å². The lowest BCUT2D eigenvalue weighted by Crippen LogP contribution is -2.31. The summed E-state index contributed by atoms with van der Waals surface area (Å²) in [7, 11) is 0. The van der Waals surface area contributed by atoms with Crippen molar-refractivity contribution in [1.82, 2.24) is 0 Å². The van der Waals surface area contributed by atoms with Crippen molar-refractivity contribution in [3.05, 3.63) is 335 Å². The Bertz CT molecular complexity index is 4120. The van der Waals surface area contributed by atoms with Crippen LogP contribution in [0.4, 0.5) is 11.4 Å². The van der Waals surface area contributed by atoms with Gasteiger partial charge in [0.05, 0.1) is 10.8 Å². The quantitative estimate of drug-likeness (QED) is 0.147. The molecule has 0 amide bonds. The Morgan fingerprint density at radius 3 is 1.47 bits per heavy atom. The third-order valence-corrected chi connectivity index (χ3v) is 17.0. The summed E-state index contributed by atoms with van der Waals surface area (Å²) in [6, 6.07) is 107. The minimum Gasteiger partial charge on any atom is -0.337 e. The molecule has 0 heterocycles. The predicted molar refractivity (Wildman–Crippen MR) is 312 cm³/mol. The first kappa shape index (κ1) is 43.3. The van der Waals surface area contributed by atoms with Crippen molar-refractivity contribution in [2.24, 2.45) is 0 Å². The van der Waals surface area contributed by atoms with Gasteiger partial charge >= 0.3 is 0 Å². The largest absolute Gasteiger partial charge is 0.337 e. The molecule has 12 aromatic carbocycles. The molecule has 352 valence electrons. The lowest BCUT2D eigenvalue weighted by molar-refractivity contribution is 0.637. The molecule has 0 N–H and O–H groups in total. The van der Waals surface area contributed by atoms with Gasteiger partial charge in [-0.05, 0) is 147 Å². The second-order valence-corrected chi connectivity index (χ2v) is 20.6. The number of anilines is 2. The van der Waals surface area contributed by atoms with Crippen molar-refractivity contribution < 1.29 is 0 Å². The van der Waals surface area contributed by atoms with Gasteiger partial charge in [0.1, 0.15) is 0 Å². The van der Waals surface area contributed by atoms with Crippen molar-refractivity contribution in [2.45, 2.75) is 23.8 Å². The van der Waals surface area contributed by atoms with Gasteiger partial charge in [-0.25, -0.2) is 0 Å². The molecule has 0 radical (unpaired) electrons. The van der Waals surface area contributed by atoms with Crippen LogP contribution in [-0.4, -0.2) is 0 Å². The van der Waals surface area contributed by atoms with E-state index < -0.39 is 10.8 Å². The smallest absolute Gasteiger partial charge is 0.0716 e. The number of fused-ring (bicyclic) bond motifs is 11. The van der Waals surface area contributed by atoms with Crippen LogP contribution in [-0.2, 0) is 23.8 Å². The number of rotatable bonds is 8. The van der Waals surface area contributed by atoms with E-state index in [0.717, 1.165) is 17.8 Å². The van der Waals surface area contributed by atoms with Crippen LogP contribution in [0, 0.1) is 0 Å². The SMILES string of the molecule is c1ccc(-c2ccc(N(Cc3cccc4c3C(c3ccccc3)(c3ccccc3)c3ccccc3-4)c3ccc4c(c3)C3(Cc5c(-c6ccccc6)ccc6cccc(c56)-c5ccccc53)c3ccccc3-4)cc2)cc1. The molecule has 1 heteroatoms. The van der Waals surface area contributed by atoms with E-state index in [0.29, 0.717) is 6.54 Å². The summed E-state index contributed by atoms with van der Waals surface area (Å²) < 4.78 is 0. The minimum absolute atomic E-state index is 0.510. The van der Waals surface area contributed by atoms with E-state index in [4.69, 9.17) is 0 Å². The molecule has 1 spiro atoms. The molecular formula is C74H51N.